The van der Waals surface area contributed by atoms with Gasteiger partial charge in [-0.3, -0.25) is 4.90 Å². The number of rotatable bonds is 6. The number of hydrogen-bond acceptors (Lipinski definition) is 3. The second-order valence-electron chi connectivity index (χ2n) is 5.80. The van der Waals surface area contributed by atoms with E-state index in [1.807, 2.05) is 12.1 Å². The van der Waals surface area contributed by atoms with Crippen LogP contribution in [0.2, 0.25) is 0 Å². The molecule has 0 amide bonds. The Hall–Kier alpha value is -1.11. The molecular formula is C16H23F3N2O. The standard InChI is InChI=1S/C16H23F3N2O/c1-22-11-14-4-2-13(3-5-14)10-20-15-6-8-21(9-7-15)12-16(17,18)19/h2-5,15,20H,6-12H2,1H3. The number of nitrogens with zero attached hydrogens (tertiary/aromatic N) is 1. The maximum absolute atomic E-state index is 12.3. The molecule has 0 bridgehead atoms. The van der Waals surface area contributed by atoms with Crippen molar-refractivity contribution < 1.29 is 17.9 Å². The van der Waals surface area contributed by atoms with Crippen molar-refractivity contribution in [1.82, 2.24) is 10.2 Å². The third kappa shape index (κ3) is 5.94. The second kappa shape index (κ2) is 7.94. The summed E-state index contributed by atoms with van der Waals surface area (Å²) in [6, 6.07) is 8.47. The van der Waals surface area contributed by atoms with Gasteiger partial charge in [0.2, 0.25) is 0 Å². The van der Waals surface area contributed by atoms with E-state index in [1.165, 1.54) is 10.5 Å². The summed E-state index contributed by atoms with van der Waals surface area (Å²) in [6.45, 7) is 1.57. The van der Waals surface area contributed by atoms with Gasteiger partial charge in [-0.15, -0.1) is 0 Å². The lowest BCUT2D eigenvalue weighted by molar-refractivity contribution is -0.148. The van der Waals surface area contributed by atoms with Crippen LogP contribution in [0.4, 0.5) is 13.2 Å². The molecule has 0 aromatic heterocycles. The molecule has 1 aliphatic heterocycles. The van der Waals surface area contributed by atoms with Crippen LogP contribution in [0, 0.1) is 0 Å². The first kappa shape index (κ1) is 17.2. The van der Waals surface area contributed by atoms with Gasteiger partial charge in [0.25, 0.3) is 0 Å². The summed E-state index contributed by atoms with van der Waals surface area (Å²) in [6.07, 6.45) is -2.57. The van der Waals surface area contributed by atoms with E-state index >= 15 is 0 Å². The van der Waals surface area contributed by atoms with Gasteiger partial charge in [0.05, 0.1) is 13.2 Å². The van der Waals surface area contributed by atoms with Gasteiger partial charge in [-0.05, 0) is 37.1 Å². The number of halogens is 3. The number of alkyl halides is 3. The minimum Gasteiger partial charge on any atom is -0.380 e. The van der Waals surface area contributed by atoms with Crippen molar-refractivity contribution in [3.63, 3.8) is 0 Å². The molecule has 0 radical (unpaired) electrons. The van der Waals surface area contributed by atoms with Crippen molar-refractivity contribution in [2.75, 3.05) is 26.7 Å². The zero-order valence-electron chi connectivity index (χ0n) is 12.8. The molecule has 0 saturated carbocycles. The lowest BCUT2D eigenvalue weighted by atomic mass is 10.0. The minimum atomic E-state index is -4.09. The molecule has 0 unspecified atom stereocenters. The number of benzene rings is 1. The van der Waals surface area contributed by atoms with Crippen molar-refractivity contribution >= 4 is 0 Å². The average molecular weight is 316 g/mol. The van der Waals surface area contributed by atoms with Crippen molar-refractivity contribution in [3.8, 4) is 0 Å². The molecule has 2 rings (SSSR count). The monoisotopic (exact) mass is 316 g/mol. The Morgan fingerprint density at radius 1 is 1.14 bits per heavy atom. The predicted molar refractivity (Wildman–Crippen MR) is 79.5 cm³/mol. The van der Waals surface area contributed by atoms with Crippen LogP contribution in [-0.2, 0) is 17.9 Å². The molecule has 1 saturated heterocycles. The van der Waals surface area contributed by atoms with E-state index in [1.54, 1.807) is 7.11 Å². The van der Waals surface area contributed by atoms with Crippen molar-refractivity contribution in [3.05, 3.63) is 35.4 Å². The van der Waals surface area contributed by atoms with E-state index in [9.17, 15) is 13.2 Å². The van der Waals surface area contributed by atoms with Gasteiger partial charge < -0.3 is 10.1 Å². The van der Waals surface area contributed by atoms with E-state index in [4.69, 9.17) is 4.74 Å². The zero-order chi connectivity index (χ0) is 16.0. The highest BCUT2D eigenvalue weighted by Crippen LogP contribution is 2.20. The van der Waals surface area contributed by atoms with Crippen molar-refractivity contribution in [2.45, 2.75) is 38.2 Å². The predicted octanol–water partition coefficient (Wildman–Crippen LogP) is 2.95. The van der Waals surface area contributed by atoms with Gasteiger partial charge in [0.1, 0.15) is 0 Å². The fraction of sp³-hybridized carbons (Fsp3) is 0.625. The van der Waals surface area contributed by atoms with Crippen LogP contribution in [-0.4, -0.2) is 43.9 Å². The van der Waals surface area contributed by atoms with Crippen LogP contribution in [0.15, 0.2) is 24.3 Å². The molecule has 22 heavy (non-hydrogen) atoms. The number of ether oxygens (including phenoxy) is 1. The third-order valence-electron chi connectivity index (χ3n) is 3.92. The Labute approximate surface area is 129 Å². The summed E-state index contributed by atoms with van der Waals surface area (Å²) in [4.78, 5) is 1.48. The van der Waals surface area contributed by atoms with Gasteiger partial charge in [-0.25, -0.2) is 0 Å². The van der Waals surface area contributed by atoms with Crippen LogP contribution in [0.1, 0.15) is 24.0 Å². The Morgan fingerprint density at radius 3 is 2.27 bits per heavy atom. The highest BCUT2D eigenvalue weighted by molar-refractivity contribution is 5.22. The number of methoxy groups -OCH3 is 1. The number of likely N-dealkylation sites (tertiary alicyclic amines) is 1. The maximum Gasteiger partial charge on any atom is 0.401 e. The first-order valence-electron chi connectivity index (χ1n) is 7.55. The van der Waals surface area contributed by atoms with Crippen LogP contribution < -0.4 is 5.32 Å². The molecule has 1 N–H and O–H groups in total. The molecule has 124 valence electrons. The largest absolute Gasteiger partial charge is 0.401 e. The molecule has 1 aliphatic rings. The lowest BCUT2D eigenvalue weighted by Crippen LogP contribution is -2.45. The summed E-state index contributed by atoms with van der Waals surface area (Å²) in [5.41, 5.74) is 2.31. The Bertz CT molecular complexity index is 440. The first-order chi connectivity index (χ1) is 10.5. The summed E-state index contributed by atoms with van der Waals surface area (Å²) in [7, 11) is 1.67. The fourth-order valence-electron chi connectivity index (χ4n) is 2.73. The maximum atomic E-state index is 12.3. The van der Waals surface area contributed by atoms with Gasteiger partial charge in [0.15, 0.2) is 0 Å². The van der Waals surface area contributed by atoms with Crippen molar-refractivity contribution in [1.29, 1.82) is 0 Å². The minimum absolute atomic E-state index is 0.295. The molecule has 0 spiro atoms. The molecule has 0 atom stereocenters. The lowest BCUT2D eigenvalue weighted by Gasteiger charge is -2.32. The first-order valence-corrected chi connectivity index (χ1v) is 7.55. The average Bonchev–Trinajstić information content (AvgIpc) is 2.47. The topological polar surface area (TPSA) is 24.5 Å². The van der Waals surface area contributed by atoms with Crippen LogP contribution in [0.25, 0.3) is 0 Å². The normalized spacial score (nSPS) is 17.8. The smallest absolute Gasteiger partial charge is 0.380 e. The Morgan fingerprint density at radius 2 is 1.73 bits per heavy atom. The number of hydrogen-bond donors (Lipinski definition) is 1. The summed E-state index contributed by atoms with van der Waals surface area (Å²) < 4.78 is 42.1. The van der Waals surface area contributed by atoms with E-state index < -0.39 is 12.7 Å². The number of nitrogens with one attached hydrogen (secondary N) is 1. The third-order valence-corrected chi connectivity index (χ3v) is 3.92. The van der Waals surface area contributed by atoms with Gasteiger partial charge in [0, 0.05) is 19.7 Å². The van der Waals surface area contributed by atoms with E-state index in [-0.39, 0.29) is 0 Å². The molecule has 0 aliphatic carbocycles. The molecular weight excluding hydrogens is 293 g/mol. The molecule has 1 aromatic rings. The van der Waals surface area contributed by atoms with Crippen LogP contribution >= 0.6 is 0 Å². The molecule has 3 nitrogen and oxygen atoms in total. The van der Waals surface area contributed by atoms with Gasteiger partial charge >= 0.3 is 6.18 Å². The van der Waals surface area contributed by atoms with E-state index in [0.717, 1.165) is 24.9 Å². The molecule has 1 heterocycles. The summed E-state index contributed by atoms with van der Waals surface area (Å²) >= 11 is 0. The van der Waals surface area contributed by atoms with Gasteiger partial charge in [-0.1, -0.05) is 24.3 Å². The van der Waals surface area contributed by atoms with Gasteiger partial charge in [-0.2, -0.15) is 13.2 Å². The molecule has 6 heteroatoms. The summed E-state index contributed by atoms with van der Waals surface area (Å²) in [5.74, 6) is 0. The Balaban J connectivity index is 1.70. The second-order valence-corrected chi connectivity index (χ2v) is 5.80. The summed E-state index contributed by atoms with van der Waals surface area (Å²) in [5, 5.41) is 3.43. The van der Waals surface area contributed by atoms with Crippen LogP contribution in [0.5, 0.6) is 0 Å². The van der Waals surface area contributed by atoms with Crippen LogP contribution in [0.3, 0.4) is 0 Å². The fourth-order valence-corrected chi connectivity index (χ4v) is 2.73. The number of piperidine rings is 1. The molecule has 1 aromatic carbocycles. The highest BCUT2D eigenvalue weighted by Gasteiger charge is 2.32. The zero-order valence-corrected chi connectivity index (χ0v) is 12.8. The van der Waals surface area contributed by atoms with Crippen molar-refractivity contribution in [2.24, 2.45) is 0 Å². The van der Waals surface area contributed by atoms with E-state index in [2.05, 4.69) is 17.4 Å². The highest BCUT2D eigenvalue weighted by atomic mass is 19.4. The SMILES string of the molecule is COCc1ccc(CNC2CCN(CC(F)(F)F)CC2)cc1. The Kier molecular flexibility index (Phi) is 6.23. The quantitative estimate of drug-likeness (QED) is 0.873. The molecule has 1 fully saturated rings. The van der Waals surface area contributed by atoms with E-state index in [0.29, 0.717) is 25.7 Å².